The number of amidine groups is 2. The molecule has 2 aromatic heterocycles. The zero-order chi connectivity index (χ0) is 38.8. The van der Waals surface area contributed by atoms with Crippen molar-refractivity contribution in [2.45, 2.75) is 88.4 Å². The van der Waals surface area contributed by atoms with Gasteiger partial charge in [0.15, 0.2) is 10.3 Å². The Kier molecular flexibility index (Phi) is 14.4. The lowest BCUT2D eigenvalue weighted by atomic mass is 9.89. The highest BCUT2D eigenvalue weighted by Crippen LogP contribution is 2.44. The Morgan fingerprint density at radius 1 is 0.849 bits per heavy atom. The standard InChI is InChI=1S/C19H18F3N3O2S.C17H23N3O2S.C2H6/c1-11(13-6-4-5-7-14(13)19(20,21)22)24-17-25-16(26)18(2,28-17)12-8-9-23-15(10-12)27-3;1-17(13-8-9-18-14(10-13)22-2)15(21)20-16(23-17)19-11-12-6-4-3-5-7-12;1-2/h4-11H,1-3H3,(H,24,25,26);8-10,12H,3-7,11H2,1-2H3,(H,19,20,21);1-2H3. The van der Waals surface area contributed by atoms with Crippen LogP contribution >= 0.6 is 23.5 Å². The van der Waals surface area contributed by atoms with Crippen LogP contribution in [0.1, 0.15) is 95.0 Å². The van der Waals surface area contributed by atoms with E-state index in [4.69, 9.17) is 9.47 Å². The van der Waals surface area contributed by atoms with Crippen LogP contribution in [0.25, 0.3) is 0 Å². The first-order valence-corrected chi connectivity index (χ1v) is 19.2. The molecule has 2 saturated heterocycles. The van der Waals surface area contributed by atoms with Gasteiger partial charge in [-0.3, -0.25) is 19.6 Å². The quantitative estimate of drug-likeness (QED) is 0.234. The number of nitrogens with one attached hydrogen (secondary N) is 2. The number of benzene rings is 1. The summed E-state index contributed by atoms with van der Waals surface area (Å²) in [5.74, 6) is 1.22. The van der Waals surface area contributed by atoms with E-state index in [2.05, 4.69) is 30.6 Å². The number of methoxy groups -OCH3 is 2. The SMILES string of the molecule is CC.COc1cc(C2(C)SC(=NC(C)c3ccccc3C(F)(F)F)NC2=O)ccn1.COc1cc(C2(C)SC(=NCC3CCCCC3)NC2=O)ccn1. The summed E-state index contributed by atoms with van der Waals surface area (Å²) in [6.07, 6.45) is 5.21. The van der Waals surface area contributed by atoms with E-state index >= 15 is 0 Å². The van der Waals surface area contributed by atoms with Crippen molar-refractivity contribution in [1.29, 1.82) is 0 Å². The predicted molar refractivity (Wildman–Crippen MR) is 205 cm³/mol. The molecule has 2 N–H and O–H groups in total. The number of thioether (sulfide) groups is 2. The number of carbonyl (C=O) groups is 2. The number of halogens is 3. The first-order chi connectivity index (χ1) is 25.3. The van der Waals surface area contributed by atoms with Crippen LogP contribution in [0.5, 0.6) is 11.8 Å². The Labute approximate surface area is 317 Å². The van der Waals surface area contributed by atoms with E-state index in [0.717, 1.165) is 35.1 Å². The average Bonchev–Trinajstić information content (AvgIpc) is 3.64. The molecule has 3 fully saturated rings. The van der Waals surface area contributed by atoms with E-state index in [1.165, 1.54) is 75.4 Å². The van der Waals surface area contributed by atoms with Crippen LogP contribution in [0.15, 0.2) is 70.9 Å². The van der Waals surface area contributed by atoms with Gasteiger partial charge in [0.25, 0.3) is 0 Å². The van der Waals surface area contributed by atoms with Crippen LogP contribution in [-0.2, 0) is 25.3 Å². The second-order valence-corrected chi connectivity index (χ2v) is 15.5. The summed E-state index contributed by atoms with van der Waals surface area (Å²) in [6, 6.07) is 11.5. The lowest BCUT2D eigenvalue weighted by Gasteiger charge is -2.20. The third-order valence-corrected chi connectivity index (χ3v) is 11.6. The molecule has 2 amide bonds. The molecule has 1 saturated carbocycles. The first kappa shape index (κ1) is 41.6. The molecular weight excluding hydrogens is 726 g/mol. The second-order valence-electron chi connectivity index (χ2n) is 12.7. The summed E-state index contributed by atoms with van der Waals surface area (Å²) in [4.78, 5) is 42.2. The molecule has 0 spiro atoms. The maximum Gasteiger partial charge on any atom is 0.416 e. The van der Waals surface area contributed by atoms with Crippen LogP contribution in [0.3, 0.4) is 0 Å². The average molecular weight is 773 g/mol. The molecule has 3 aromatic rings. The van der Waals surface area contributed by atoms with Crippen molar-refractivity contribution in [3.63, 3.8) is 0 Å². The summed E-state index contributed by atoms with van der Waals surface area (Å²) in [5, 5.41) is 6.61. The predicted octanol–water partition coefficient (Wildman–Crippen LogP) is 8.44. The maximum absolute atomic E-state index is 13.3. The third kappa shape index (κ3) is 10.1. The normalized spacial score (nSPS) is 23.7. The molecular formula is C38H47F3N6O4S2. The van der Waals surface area contributed by atoms with Gasteiger partial charge in [0, 0.05) is 31.1 Å². The number of carbonyl (C=O) groups excluding carboxylic acids is 2. The van der Waals surface area contributed by atoms with Crippen molar-refractivity contribution in [2.24, 2.45) is 15.9 Å². The van der Waals surface area contributed by atoms with Crippen molar-refractivity contribution in [3.05, 3.63) is 83.2 Å². The number of hydrogen-bond acceptors (Lipinski definition) is 10. The van der Waals surface area contributed by atoms with Crippen molar-refractivity contribution in [2.75, 3.05) is 20.8 Å². The molecule has 3 atom stereocenters. The fraction of sp³-hybridized carbons (Fsp3) is 0.474. The van der Waals surface area contributed by atoms with Gasteiger partial charge >= 0.3 is 6.18 Å². The highest BCUT2D eigenvalue weighted by molar-refractivity contribution is 8.16. The number of alkyl halides is 3. The molecule has 3 aliphatic rings. The van der Waals surface area contributed by atoms with E-state index in [-0.39, 0.29) is 22.5 Å². The number of amides is 2. The number of aliphatic imine (C=N–C) groups is 2. The zero-order valence-corrected chi connectivity index (χ0v) is 32.7. The molecule has 0 radical (unpaired) electrons. The van der Waals surface area contributed by atoms with Crippen LogP contribution in [0, 0.1) is 5.92 Å². The third-order valence-electron chi connectivity index (χ3n) is 9.14. The molecule has 0 bridgehead atoms. The highest BCUT2D eigenvalue weighted by Gasteiger charge is 2.46. The van der Waals surface area contributed by atoms with Crippen LogP contribution in [0.4, 0.5) is 13.2 Å². The Morgan fingerprint density at radius 2 is 1.36 bits per heavy atom. The maximum atomic E-state index is 13.3. The summed E-state index contributed by atoms with van der Waals surface area (Å²) < 4.78 is 48.4. The molecule has 53 heavy (non-hydrogen) atoms. The van der Waals surface area contributed by atoms with Gasteiger partial charge in [-0.15, -0.1) is 0 Å². The molecule has 286 valence electrons. The van der Waals surface area contributed by atoms with Crippen LogP contribution in [0.2, 0.25) is 0 Å². The monoisotopic (exact) mass is 772 g/mol. The van der Waals surface area contributed by atoms with Gasteiger partial charge < -0.3 is 20.1 Å². The molecule has 3 unspecified atom stereocenters. The Hall–Kier alpha value is -4.11. The minimum atomic E-state index is -4.47. The lowest BCUT2D eigenvalue weighted by Crippen LogP contribution is -2.31. The zero-order valence-electron chi connectivity index (χ0n) is 31.0. The van der Waals surface area contributed by atoms with Gasteiger partial charge in [-0.1, -0.05) is 74.8 Å². The minimum Gasteiger partial charge on any atom is -0.481 e. The number of nitrogens with zero attached hydrogens (tertiary/aromatic N) is 4. The first-order valence-electron chi connectivity index (χ1n) is 17.6. The van der Waals surface area contributed by atoms with Gasteiger partial charge in [-0.2, -0.15) is 13.2 Å². The molecule has 10 nitrogen and oxygen atoms in total. The highest BCUT2D eigenvalue weighted by atomic mass is 32.2. The molecule has 4 heterocycles. The smallest absolute Gasteiger partial charge is 0.416 e. The van der Waals surface area contributed by atoms with Gasteiger partial charge in [0.2, 0.25) is 23.6 Å². The summed E-state index contributed by atoms with van der Waals surface area (Å²) in [6.45, 7) is 10.0. The van der Waals surface area contributed by atoms with E-state index < -0.39 is 27.3 Å². The van der Waals surface area contributed by atoms with Crippen molar-refractivity contribution in [3.8, 4) is 11.8 Å². The lowest BCUT2D eigenvalue weighted by molar-refractivity contribution is -0.138. The Bertz CT molecular complexity index is 1800. The van der Waals surface area contributed by atoms with Crippen molar-refractivity contribution >= 4 is 45.7 Å². The minimum absolute atomic E-state index is 0.0295. The molecule has 15 heteroatoms. The Morgan fingerprint density at radius 3 is 1.89 bits per heavy atom. The summed E-state index contributed by atoms with van der Waals surface area (Å²) >= 11 is 2.64. The van der Waals surface area contributed by atoms with Crippen LogP contribution < -0.4 is 20.1 Å². The van der Waals surface area contributed by atoms with E-state index in [0.29, 0.717) is 23.2 Å². The van der Waals surface area contributed by atoms with E-state index in [1.54, 1.807) is 39.3 Å². The van der Waals surface area contributed by atoms with Gasteiger partial charge in [-0.25, -0.2) is 9.97 Å². The number of hydrogen-bond donors (Lipinski definition) is 2. The van der Waals surface area contributed by atoms with E-state index in [9.17, 15) is 22.8 Å². The number of aromatic nitrogens is 2. The fourth-order valence-corrected chi connectivity index (χ4v) is 8.24. The molecule has 2 aliphatic heterocycles. The molecule has 1 aromatic carbocycles. The van der Waals surface area contributed by atoms with E-state index in [1.807, 2.05) is 32.9 Å². The molecule has 6 rings (SSSR count). The van der Waals surface area contributed by atoms with Crippen LogP contribution in [-0.4, -0.2) is 52.9 Å². The van der Waals surface area contributed by atoms with Crippen molar-refractivity contribution < 1.29 is 32.2 Å². The fourth-order valence-electron chi connectivity index (χ4n) is 6.06. The number of ether oxygens (including phenoxy) is 2. The number of rotatable bonds is 8. The van der Waals surface area contributed by atoms with Gasteiger partial charge in [-0.05, 0) is 74.4 Å². The Balaban J connectivity index is 0.000000230. The largest absolute Gasteiger partial charge is 0.481 e. The number of pyridine rings is 2. The molecule has 1 aliphatic carbocycles. The summed E-state index contributed by atoms with van der Waals surface area (Å²) in [7, 11) is 3.05. The second kappa shape index (κ2) is 18.3. The van der Waals surface area contributed by atoms with Crippen molar-refractivity contribution in [1.82, 2.24) is 20.6 Å². The van der Waals surface area contributed by atoms with Gasteiger partial charge in [0.1, 0.15) is 9.49 Å². The summed E-state index contributed by atoms with van der Waals surface area (Å²) in [5.41, 5.74) is 0.865. The topological polar surface area (TPSA) is 127 Å². The van der Waals surface area contributed by atoms with Gasteiger partial charge in [0.05, 0.1) is 25.8 Å².